The summed E-state index contributed by atoms with van der Waals surface area (Å²) in [5.41, 5.74) is -0.245. The smallest absolute Gasteiger partial charge is 0.262 e. The monoisotopic (exact) mass is 339 g/mol. The summed E-state index contributed by atoms with van der Waals surface area (Å²) in [5, 5.41) is 10.7. The van der Waals surface area contributed by atoms with Crippen LogP contribution in [0.15, 0.2) is 29.2 Å². The molecule has 0 unspecified atom stereocenters. The van der Waals surface area contributed by atoms with Crippen molar-refractivity contribution in [1.29, 1.82) is 0 Å². The SMILES string of the molecule is CC1(C)[C@@H]2CC[C@@]1(C)[C@@H](OS(=O)(=O)c1ccc([N+](=O)[O-])cc1)C2. The summed E-state index contributed by atoms with van der Waals surface area (Å²) in [7, 11) is -3.92. The fourth-order valence-electron chi connectivity index (χ4n) is 4.22. The molecular formula is C16H21NO5S. The van der Waals surface area contributed by atoms with Gasteiger partial charge in [-0.3, -0.25) is 14.3 Å². The second-order valence-corrected chi connectivity index (χ2v) is 8.97. The van der Waals surface area contributed by atoms with Gasteiger partial charge in [0.15, 0.2) is 0 Å². The summed E-state index contributed by atoms with van der Waals surface area (Å²) in [6.07, 6.45) is 2.48. The normalized spacial score (nSPS) is 32.1. The van der Waals surface area contributed by atoms with E-state index in [1.165, 1.54) is 24.3 Å². The average molecular weight is 339 g/mol. The molecule has 3 rings (SSSR count). The molecule has 2 fully saturated rings. The van der Waals surface area contributed by atoms with Crippen LogP contribution in [-0.2, 0) is 14.3 Å². The topological polar surface area (TPSA) is 86.5 Å². The van der Waals surface area contributed by atoms with E-state index in [2.05, 4.69) is 20.8 Å². The lowest BCUT2D eigenvalue weighted by Gasteiger charge is -2.38. The summed E-state index contributed by atoms with van der Waals surface area (Å²) in [6.45, 7) is 6.48. The van der Waals surface area contributed by atoms with E-state index < -0.39 is 15.0 Å². The van der Waals surface area contributed by atoms with Gasteiger partial charge in [-0.15, -0.1) is 0 Å². The van der Waals surface area contributed by atoms with Crippen molar-refractivity contribution in [3.8, 4) is 0 Å². The summed E-state index contributed by atoms with van der Waals surface area (Å²) in [5.74, 6) is 0.476. The molecule has 23 heavy (non-hydrogen) atoms. The Balaban J connectivity index is 1.84. The van der Waals surface area contributed by atoms with Gasteiger partial charge in [0.05, 0.1) is 15.9 Å². The molecule has 0 N–H and O–H groups in total. The van der Waals surface area contributed by atoms with Crippen molar-refractivity contribution in [2.45, 2.75) is 51.0 Å². The number of benzene rings is 1. The Morgan fingerprint density at radius 2 is 1.83 bits per heavy atom. The number of non-ortho nitro benzene ring substituents is 1. The van der Waals surface area contributed by atoms with Crippen LogP contribution >= 0.6 is 0 Å². The number of nitrogens with zero attached hydrogens (tertiary/aromatic N) is 1. The molecule has 3 atom stereocenters. The molecule has 0 saturated heterocycles. The van der Waals surface area contributed by atoms with Gasteiger partial charge in [0.1, 0.15) is 0 Å². The number of rotatable bonds is 4. The third-order valence-electron chi connectivity index (χ3n) is 6.29. The predicted octanol–water partition coefficient (Wildman–Crippen LogP) is 3.51. The first-order valence-electron chi connectivity index (χ1n) is 7.76. The maximum Gasteiger partial charge on any atom is 0.297 e. The zero-order valence-electron chi connectivity index (χ0n) is 13.5. The molecular weight excluding hydrogens is 318 g/mol. The molecule has 2 saturated carbocycles. The highest BCUT2D eigenvalue weighted by Gasteiger charge is 2.62. The Labute approximate surface area is 136 Å². The number of nitro benzene ring substituents is 1. The highest BCUT2D eigenvalue weighted by atomic mass is 32.2. The fourth-order valence-corrected chi connectivity index (χ4v) is 5.40. The molecule has 7 heteroatoms. The molecule has 0 amide bonds. The minimum atomic E-state index is -3.92. The first-order chi connectivity index (χ1) is 10.6. The van der Waals surface area contributed by atoms with Crippen LogP contribution in [0.2, 0.25) is 0 Å². The zero-order valence-corrected chi connectivity index (χ0v) is 14.3. The van der Waals surface area contributed by atoms with Crippen LogP contribution < -0.4 is 0 Å². The first-order valence-corrected chi connectivity index (χ1v) is 9.16. The van der Waals surface area contributed by atoms with Gasteiger partial charge >= 0.3 is 0 Å². The highest BCUT2D eigenvalue weighted by molar-refractivity contribution is 7.86. The maximum absolute atomic E-state index is 12.5. The Hall–Kier alpha value is -1.47. The van der Waals surface area contributed by atoms with Gasteiger partial charge < -0.3 is 0 Å². The van der Waals surface area contributed by atoms with Crippen molar-refractivity contribution in [3.63, 3.8) is 0 Å². The van der Waals surface area contributed by atoms with E-state index in [0.717, 1.165) is 19.3 Å². The van der Waals surface area contributed by atoms with Gasteiger partial charge in [-0.25, -0.2) is 0 Å². The molecule has 0 heterocycles. The van der Waals surface area contributed by atoms with Crippen LogP contribution in [-0.4, -0.2) is 19.4 Å². The van der Waals surface area contributed by atoms with Crippen LogP contribution in [0.4, 0.5) is 5.69 Å². The quantitative estimate of drug-likeness (QED) is 0.476. The van der Waals surface area contributed by atoms with E-state index in [1.54, 1.807) is 0 Å². The lowest BCUT2D eigenvalue weighted by atomic mass is 9.70. The van der Waals surface area contributed by atoms with E-state index >= 15 is 0 Å². The molecule has 6 nitrogen and oxygen atoms in total. The Morgan fingerprint density at radius 3 is 2.26 bits per heavy atom. The summed E-state index contributed by atoms with van der Waals surface area (Å²) < 4.78 is 30.6. The molecule has 0 spiro atoms. The Kier molecular flexibility index (Phi) is 3.57. The van der Waals surface area contributed by atoms with Crippen LogP contribution in [0.3, 0.4) is 0 Å². The molecule has 0 aromatic heterocycles. The standard InChI is InChI=1S/C16H21NO5S/c1-15(2)11-8-9-16(15,3)14(10-11)22-23(20,21)13-6-4-12(5-7-13)17(18)19/h4-7,11,14H,8-10H2,1-3H3/t11-,14+,16+/m1/s1. The molecule has 1 aromatic carbocycles. The lowest BCUT2D eigenvalue weighted by molar-refractivity contribution is -0.384. The van der Waals surface area contributed by atoms with E-state index in [-0.39, 0.29) is 27.5 Å². The zero-order chi connectivity index (χ0) is 17.0. The third-order valence-corrected chi connectivity index (χ3v) is 7.63. The second kappa shape index (κ2) is 5.01. The van der Waals surface area contributed by atoms with Gasteiger partial charge in [-0.05, 0) is 42.7 Å². The second-order valence-electron chi connectivity index (χ2n) is 7.40. The predicted molar refractivity (Wildman–Crippen MR) is 84.4 cm³/mol. The first kappa shape index (κ1) is 16.4. The van der Waals surface area contributed by atoms with Crippen molar-refractivity contribution in [1.82, 2.24) is 0 Å². The van der Waals surface area contributed by atoms with Crippen LogP contribution in [0.5, 0.6) is 0 Å². The minimum absolute atomic E-state index is 0.0349. The molecule has 2 aliphatic rings. The summed E-state index contributed by atoms with van der Waals surface area (Å²) in [6, 6.07) is 4.83. The molecule has 1 aromatic rings. The number of hydrogen-bond acceptors (Lipinski definition) is 5. The Morgan fingerprint density at radius 1 is 1.22 bits per heavy atom. The van der Waals surface area contributed by atoms with Crippen LogP contribution in [0, 0.1) is 26.9 Å². The van der Waals surface area contributed by atoms with Crippen molar-refractivity contribution < 1.29 is 17.5 Å². The molecule has 0 radical (unpaired) electrons. The lowest BCUT2D eigenvalue weighted by Crippen LogP contribution is -2.38. The average Bonchev–Trinajstić information content (AvgIpc) is 2.80. The van der Waals surface area contributed by atoms with Gasteiger partial charge in [0.25, 0.3) is 15.8 Å². The largest absolute Gasteiger partial charge is 0.297 e. The molecule has 126 valence electrons. The maximum atomic E-state index is 12.5. The van der Waals surface area contributed by atoms with Crippen molar-refractivity contribution in [2.24, 2.45) is 16.7 Å². The summed E-state index contributed by atoms with van der Waals surface area (Å²) >= 11 is 0. The van der Waals surface area contributed by atoms with E-state index in [0.29, 0.717) is 5.92 Å². The number of nitro groups is 1. The van der Waals surface area contributed by atoms with Crippen molar-refractivity contribution in [3.05, 3.63) is 34.4 Å². The third kappa shape index (κ3) is 2.37. The van der Waals surface area contributed by atoms with Gasteiger partial charge in [0.2, 0.25) is 0 Å². The van der Waals surface area contributed by atoms with Crippen LogP contribution in [0.1, 0.15) is 40.0 Å². The molecule has 0 aliphatic heterocycles. The van der Waals surface area contributed by atoms with Gasteiger partial charge in [0, 0.05) is 17.5 Å². The van der Waals surface area contributed by atoms with E-state index in [4.69, 9.17) is 4.18 Å². The molecule has 2 bridgehead atoms. The van der Waals surface area contributed by atoms with Crippen LogP contribution in [0.25, 0.3) is 0 Å². The van der Waals surface area contributed by atoms with Gasteiger partial charge in [-0.1, -0.05) is 20.8 Å². The Bertz CT molecular complexity index is 740. The molecule has 2 aliphatic carbocycles. The summed E-state index contributed by atoms with van der Waals surface area (Å²) in [4.78, 5) is 10.1. The van der Waals surface area contributed by atoms with Gasteiger partial charge in [-0.2, -0.15) is 8.42 Å². The number of hydrogen-bond donors (Lipinski definition) is 0. The van der Waals surface area contributed by atoms with Crippen molar-refractivity contribution in [2.75, 3.05) is 0 Å². The van der Waals surface area contributed by atoms with E-state index in [9.17, 15) is 18.5 Å². The fraction of sp³-hybridized carbons (Fsp3) is 0.625. The van der Waals surface area contributed by atoms with Crippen molar-refractivity contribution >= 4 is 15.8 Å². The minimum Gasteiger partial charge on any atom is -0.262 e. The highest BCUT2D eigenvalue weighted by Crippen LogP contribution is 2.66. The number of fused-ring (bicyclic) bond motifs is 2. The van der Waals surface area contributed by atoms with E-state index in [1.807, 2.05) is 0 Å².